The van der Waals surface area contributed by atoms with E-state index in [9.17, 15) is 14.3 Å². The number of para-hydroxylation sites is 1. The van der Waals surface area contributed by atoms with Gasteiger partial charge < -0.3 is 19.9 Å². The summed E-state index contributed by atoms with van der Waals surface area (Å²) in [5.41, 5.74) is 4.10. The Morgan fingerprint density at radius 3 is 2.70 bits per heavy atom. The van der Waals surface area contributed by atoms with Crippen LogP contribution >= 0.6 is 0 Å². The Kier molecular flexibility index (Phi) is 6.65. The highest BCUT2D eigenvalue weighted by atomic mass is 19.1. The Morgan fingerprint density at radius 2 is 1.94 bits per heavy atom. The third-order valence-corrected chi connectivity index (χ3v) is 6.40. The van der Waals surface area contributed by atoms with Gasteiger partial charge in [-0.25, -0.2) is 9.18 Å². The lowest BCUT2D eigenvalue weighted by Crippen LogP contribution is -2.37. The number of carbonyl (C=O) groups is 1. The summed E-state index contributed by atoms with van der Waals surface area (Å²) in [6.45, 7) is 4.47. The Balaban J connectivity index is 1.56. The van der Waals surface area contributed by atoms with E-state index in [0.717, 1.165) is 28.0 Å². The van der Waals surface area contributed by atoms with E-state index in [1.54, 1.807) is 24.3 Å². The maximum atomic E-state index is 13.8. The summed E-state index contributed by atoms with van der Waals surface area (Å²) >= 11 is 0. The van der Waals surface area contributed by atoms with Crippen LogP contribution in [-0.4, -0.2) is 30.8 Å². The molecule has 6 heteroatoms. The van der Waals surface area contributed by atoms with Crippen LogP contribution in [0.1, 0.15) is 57.9 Å². The summed E-state index contributed by atoms with van der Waals surface area (Å²) in [7, 11) is 1.45. The summed E-state index contributed by atoms with van der Waals surface area (Å²) in [6, 6.07) is 18.2. The summed E-state index contributed by atoms with van der Waals surface area (Å²) in [6.07, 6.45) is 0.607. The lowest BCUT2D eigenvalue weighted by atomic mass is 9.81. The predicted molar refractivity (Wildman–Crippen MR) is 125 cm³/mol. The van der Waals surface area contributed by atoms with Crippen molar-refractivity contribution in [2.45, 2.75) is 38.3 Å². The van der Waals surface area contributed by atoms with Crippen molar-refractivity contribution < 1.29 is 23.8 Å². The normalized spacial score (nSPS) is 18.2. The minimum absolute atomic E-state index is 0.0299. The molecule has 0 aromatic heterocycles. The molecule has 3 aromatic rings. The first-order valence-electron chi connectivity index (χ1n) is 11.0. The van der Waals surface area contributed by atoms with Crippen LogP contribution in [-0.2, 0) is 0 Å². The molecule has 3 atom stereocenters. The van der Waals surface area contributed by atoms with Crippen LogP contribution in [0.15, 0.2) is 60.7 Å². The number of benzene rings is 3. The number of aromatic carboxylic acids is 1. The van der Waals surface area contributed by atoms with Crippen LogP contribution in [0.5, 0.6) is 11.5 Å². The minimum Gasteiger partial charge on any atom is -0.494 e. The zero-order valence-electron chi connectivity index (χ0n) is 19.0. The largest absolute Gasteiger partial charge is 0.494 e. The number of hydrogen-bond donors (Lipinski definition) is 2. The molecule has 4 rings (SSSR count). The van der Waals surface area contributed by atoms with E-state index in [-0.39, 0.29) is 29.6 Å². The van der Waals surface area contributed by atoms with Gasteiger partial charge in [-0.05, 0) is 61.2 Å². The Labute approximate surface area is 193 Å². The fourth-order valence-corrected chi connectivity index (χ4v) is 4.55. The van der Waals surface area contributed by atoms with E-state index >= 15 is 0 Å². The van der Waals surface area contributed by atoms with Gasteiger partial charge in [0.05, 0.1) is 12.7 Å². The lowest BCUT2D eigenvalue weighted by Gasteiger charge is -2.34. The van der Waals surface area contributed by atoms with E-state index in [4.69, 9.17) is 9.47 Å². The quantitative estimate of drug-likeness (QED) is 0.500. The molecule has 3 aromatic carbocycles. The molecule has 172 valence electrons. The topological polar surface area (TPSA) is 67.8 Å². The number of rotatable bonds is 7. The van der Waals surface area contributed by atoms with Crippen LogP contribution in [0.4, 0.5) is 4.39 Å². The number of nitrogens with one attached hydrogen (secondary N) is 1. The third-order valence-electron chi connectivity index (χ3n) is 6.40. The molecule has 0 amide bonds. The molecule has 0 fully saturated rings. The average molecular weight is 450 g/mol. The smallest absolute Gasteiger partial charge is 0.335 e. The molecule has 1 heterocycles. The molecule has 0 unspecified atom stereocenters. The molecule has 0 aliphatic carbocycles. The molecule has 1 aliphatic rings. The van der Waals surface area contributed by atoms with Gasteiger partial charge in [0.1, 0.15) is 11.9 Å². The van der Waals surface area contributed by atoms with Crippen molar-refractivity contribution in [3.8, 4) is 11.5 Å². The van der Waals surface area contributed by atoms with Crippen molar-refractivity contribution in [3.63, 3.8) is 0 Å². The lowest BCUT2D eigenvalue weighted by molar-refractivity contribution is 0.0696. The zero-order valence-corrected chi connectivity index (χ0v) is 19.0. The van der Waals surface area contributed by atoms with Gasteiger partial charge in [-0.2, -0.15) is 0 Å². The van der Waals surface area contributed by atoms with Crippen LogP contribution in [0.25, 0.3) is 0 Å². The van der Waals surface area contributed by atoms with Crippen molar-refractivity contribution in [2.24, 2.45) is 0 Å². The average Bonchev–Trinajstić information content (AvgIpc) is 2.82. The van der Waals surface area contributed by atoms with Gasteiger partial charge in [0.2, 0.25) is 0 Å². The first kappa shape index (κ1) is 22.8. The van der Waals surface area contributed by atoms with Gasteiger partial charge in [0, 0.05) is 24.1 Å². The summed E-state index contributed by atoms with van der Waals surface area (Å²) in [5, 5.41) is 13.1. The standard InChI is InChI=1S/C27H28FNO4/c1-16-20(8-6-9-21(16)27(30)31)23-14-19(33-25-10-5-4-7-22(23)25)15-29-17(2)18-11-12-24(28)26(13-18)32-3/h4-13,17,19,23,29H,14-15H2,1-3H3,(H,30,31)/t17-,19-,23+/m1/s1. The second-order valence-electron chi connectivity index (χ2n) is 8.41. The first-order valence-corrected chi connectivity index (χ1v) is 11.0. The zero-order chi connectivity index (χ0) is 23.5. The number of halogens is 1. The number of ether oxygens (including phenoxy) is 2. The molecular weight excluding hydrogens is 421 g/mol. The van der Waals surface area contributed by atoms with Crippen molar-refractivity contribution >= 4 is 5.97 Å². The minimum atomic E-state index is -0.920. The Morgan fingerprint density at radius 1 is 1.18 bits per heavy atom. The van der Waals surface area contributed by atoms with Crippen molar-refractivity contribution in [1.82, 2.24) is 5.32 Å². The van der Waals surface area contributed by atoms with Crippen molar-refractivity contribution in [2.75, 3.05) is 13.7 Å². The number of fused-ring (bicyclic) bond motifs is 1. The number of carboxylic acids is 1. The van der Waals surface area contributed by atoms with Gasteiger partial charge in [-0.1, -0.05) is 36.4 Å². The number of carboxylic acid groups (broad SMARTS) is 1. The van der Waals surface area contributed by atoms with Crippen molar-refractivity contribution in [1.29, 1.82) is 0 Å². The fourth-order valence-electron chi connectivity index (χ4n) is 4.55. The maximum absolute atomic E-state index is 13.8. The van der Waals surface area contributed by atoms with E-state index < -0.39 is 5.97 Å². The number of methoxy groups -OCH3 is 1. The van der Waals surface area contributed by atoms with Crippen LogP contribution in [0, 0.1) is 12.7 Å². The molecule has 0 saturated heterocycles. The van der Waals surface area contributed by atoms with Crippen LogP contribution in [0.3, 0.4) is 0 Å². The van der Waals surface area contributed by atoms with E-state index in [0.29, 0.717) is 18.5 Å². The second kappa shape index (κ2) is 9.63. The molecule has 0 bridgehead atoms. The molecule has 0 radical (unpaired) electrons. The molecule has 0 spiro atoms. The Hall–Kier alpha value is -3.38. The predicted octanol–water partition coefficient (Wildman–Crippen LogP) is 5.47. The summed E-state index contributed by atoms with van der Waals surface area (Å²) in [5.74, 6) is -0.240. The van der Waals surface area contributed by atoms with Crippen LogP contribution in [0.2, 0.25) is 0 Å². The van der Waals surface area contributed by atoms with Gasteiger partial charge in [-0.3, -0.25) is 0 Å². The fraction of sp³-hybridized carbons (Fsp3) is 0.296. The van der Waals surface area contributed by atoms with E-state index in [1.165, 1.54) is 13.2 Å². The van der Waals surface area contributed by atoms with Gasteiger partial charge in [-0.15, -0.1) is 0 Å². The SMILES string of the molecule is COc1cc([C@@H](C)NC[C@H]2C[C@@H](c3cccc(C(=O)O)c3C)c3ccccc3O2)ccc1F. The highest BCUT2D eigenvalue weighted by Crippen LogP contribution is 2.41. The third kappa shape index (κ3) is 4.71. The second-order valence-corrected chi connectivity index (χ2v) is 8.41. The van der Waals surface area contributed by atoms with E-state index in [2.05, 4.69) is 5.32 Å². The summed E-state index contributed by atoms with van der Waals surface area (Å²) < 4.78 is 25.2. The summed E-state index contributed by atoms with van der Waals surface area (Å²) in [4.78, 5) is 11.7. The number of hydrogen-bond acceptors (Lipinski definition) is 4. The molecule has 2 N–H and O–H groups in total. The van der Waals surface area contributed by atoms with E-state index in [1.807, 2.05) is 44.2 Å². The van der Waals surface area contributed by atoms with Crippen LogP contribution < -0.4 is 14.8 Å². The molecular formula is C27H28FNO4. The molecule has 0 saturated carbocycles. The molecule has 33 heavy (non-hydrogen) atoms. The maximum Gasteiger partial charge on any atom is 0.335 e. The monoisotopic (exact) mass is 449 g/mol. The Bertz CT molecular complexity index is 1160. The first-order chi connectivity index (χ1) is 15.9. The molecule has 5 nitrogen and oxygen atoms in total. The highest BCUT2D eigenvalue weighted by molar-refractivity contribution is 5.89. The van der Waals surface area contributed by atoms with Gasteiger partial charge in [0.15, 0.2) is 11.6 Å². The van der Waals surface area contributed by atoms with Crippen molar-refractivity contribution in [3.05, 3.63) is 94.3 Å². The molecule has 1 aliphatic heterocycles. The van der Waals surface area contributed by atoms with Gasteiger partial charge in [0.25, 0.3) is 0 Å². The highest BCUT2D eigenvalue weighted by Gasteiger charge is 2.31. The van der Waals surface area contributed by atoms with Gasteiger partial charge >= 0.3 is 5.97 Å².